The molecule has 1 N–H and O–H groups in total. The van der Waals surface area contributed by atoms with E-state index in [9.17, 15) is 4.39 Å². The first-order valence-electron chi connectivity index (χ1n) is 7.95. The van der Waals surface area contributed by atoms with Crippen molar-refractivity contribution in [1.82, 2.24) is 10.2 Å². The second-order valence-electron chi connectivity index (χ2n) is 5.89. The van der Waals surface area contributed by atoms with Crippen molar-refractivity contribution in [3.8, 4) is 5.75 Å². The van der Waals surface area contributed by atoms with E-state index in [2.05, 4.69) is 24.1 Å². The van der Waals surface area contributed by atoms with Gasteiger partial charge in [0.25, 0.3) is 0 Å². The fourth-order valence-electron chi connectivity index (χ4n) is 3.33. The summed E-state index contributed by atoms with van der Waals surface area (Å²) in [5, 5.41) is 3.40. The van der Waals surface area contributed by atoms with Crippen LogP contribution in [0.15, 0.2) is 18.2 Å². The maximum atomic E-state index is 13.7. The lowest BCUT2D eigenvalue weighted by Gasteiger charge is -2.38. The van der Waals surface area contributed by atoms with Crippen molar-refractivity contribution in [2.45, 2.75) is 32.7 Å². The Kier molecular flexibility index (Phi) is 6.00. The van der Waals surface area contributed by atoms with Crippen LogP contribution in [0.5, 0.6) is 5.75 Å². The van der Waals surface area contributed by atoms with Gasteiger partial charge in [0.1, 0.15) is 0 Å². The molecule has 4 heteroatoms. The molecule has 0 amide bonds. The fourth-order valence-corrected chi connectivity index (χ4v) is 3.33. The second-order valence-corrected chi connectivity index (χ2v) is 5.89. The zero-order valence-electron chi connectivity index (χ0n) is 13.4. The smallest absolute Gasteiger partial charge is 0.165 e. The zero-order valence-corrected chi connectivity index (χ0v) is 13.4. The summed E-state index contributed by atoms with van der Waals surface area (Å²) in [6, 6.07) is 5.65. The lowest BCUT2D eigenvalue weighted by atomic mass is 9.89. The number of halogens is 1. The molecule has 1 saturated heterocycles. The quantitative estimate of drug-likeness (QED) is 0.872. The van der Waals surface area contributed by atoms with Gasteiger partial charge >= 0.3 is 0 Å². The number of rotatable bonds is 6. The van der Waals surface area contributed by atoms with Gasteiger partial charge in [0.2, 0.25) is 0 Å². The number of nitrogens with one attached hydrogen (secondary N) is 1. The van der Waals surface area contributed by atoms with Gasteiger partial charge < -0.3 is 10.1 Å². The average Bonchev–Trinajstić information content (AvgIpc) is 2.50. The van der Waals surface area contributed by atoms with Gasteiger partial charge in [-0.1, -0.05) is 26.3 Å². The summed E-state index contributed by atoms with van der Waals surface area (Å²) in [5.41, 5.74) is 1.16. The number of ether oxygens (including phenoxy) is 1. The Labute approximate surface area is 127 Å². The first-order chi connectivity index (χ1) is 10.2. The molecule has 118 valence electrons. The highest BCUT2D eigenvalue weighted by Crippen LogP contribution is 2.34. The third-order valence-electron chi connectivity index (χ3n) is 4.34. The van der Waals surface area contributed by atoms with E-state index in [1.807, 2.05) is 12.1 Å². The van der Waals surface area contributed by atoms with E-state index >= 15 is 0 Å². The molecule has 3 nitrogen and oxygen atoms in total. The molecule has 21 heavy (non-hydrogen) atoms. The second kappa shape index (κ2) is 7.76. The molecule has 1 aromatic rings. The van der Waals surface area contributed by atoms with Gasteiger partial charge in [-0.15, -0.1) is 0 Å². The maximum absolute atomic E-state index is 13.7. The molecule has 1 unspecified atom stereocenters. The molecule has 0 aliphatic carbocycles. The summed E-state index contributed by atoms with van der Waals surface area (Å²) in [7, 11) is 1.53. The van der Waals surface area contributed by atoms with Crippen LogP contribution in [0.1, 0.15) is 38.3 Å². The molecule has 1 heterocycles. The molecule has 2 atom stereocenters. The predicted molar refractivity (Wildman–Crippen MR) is 84.2 cm³/mol. The van der Waals surface area contributed by atoms with Crippen LogP contribution in [0.3, 0.4) is 0 Å². The Bertz CT molecular complexity index is 446. The summed E-state index contributed by atoms with van der Waals surface area (Å²) in [6.45, 7) is 8.64. The summed E-state index contributed by atoms with van der Waals surface area (Å²) in [6.07, 6.45) is 2.34. The summed E-state index contributed by atoms with van der Waals surface area (Å²) in [4.78, 5) is 2.52. The molecular formula is C17H27FN2O. The van der Waals surface area contributed by atoms with E-state index in [-0.39, 0.29) is 5.82 Å². The van der Waals surface area contributed by atoms with Crippen LogP contribution in [-0.2, 0) is 0 Å². The Morgan fingerprint density at radius 3 is 2.67 bits per heavy atom. The largest absolute Gasteiger partial charge is 0.494 e. The Hall–Kier alpha value is -1.13. The van der Waals surface area contributed by atoms with Crippen LogP contribution in [0.25, 0.3) is 0 Å². The van der Waals surface area contributed by atoms with E-state index in [0.29, 0.717) is 17.7 Å². The highest BCUT2D eigenvalue weighted by atomic mass is 19.1. The Morgan fingerprint density at radius 1 is 1.33 bits per heavy atom. The number of hydrogen-bond donors (Lipinski definition) is 1. The molecule has 1 aromatic carbocycles. The van der Waals surface area contributed by atoms with Gasteiger partial charge in [-0.25, -0.2) is 4.39 Å². The molecular weight excluding hydrogens is 267 g/mol. The number of piperazine rings is 1. The first kappa shape index (κ1) is 16.2. The molecule has 2 rings (SSSR count). The van der Waals surface area contributed by atoms with Gasteiger partial charge in [-0.2, -0.15) is 0 Å². The van der Waals surface area contributed by atoms with Crippen molar-refractivity contribution >= 4 is 0 Å². The van der Waals surface area contributed by atoms with Gasteiger partial charge in [0.15, 0.2) is 11.6 Å². The number of methoxy groups -OCH3 is 1. The first-order valence-corrected chi connectivity index (χ1v) is 7.95. The topological polar surface area (TPSA) is 24.5 Å². The molecule has 0 radical (unpaired) electrons. The number of benzene rings is 1. The van der Waals surface area contributed by atoms with Crippen LogP contribution in [0.4, 0.5) is 4.39 Å². The minimum Gasteiger partial charge on any atom is -0.494 e. The van der Waals surface area contributed by atoms with Crippen LogP contribution >= 0.6 is 0 Å². The van der Waals surface area contributed by atoms with Crippen LogP contribution in [0.2, 0.25) is 0 Å². The maximum Gasteiger partial charge on any atom is 0.165 e. The SMILES string of the molecule is CCCC(C)[C@H](c1ccc(F)c(OC)c1)N1CCNCC1. The molecule has 0 spiro atoms. The van der Waals surface area contributed by atoms with Crippen LogP contribution < -0.4 is 10.1 Å². The summed E-state index contributed by atoms with van der Waals surface area (Å²) in [5.74, 6) is 0.600. The van der Waals surface area contributed by atoms with Crippen molar-refractivity contribution in [3.63, 3.8) is 0 Å². The third-order valence-corrected chi connectivity index (χ3v) is 4.34. The fraction of sp³-hybridized carbons (Fsp3) is 0.647. The lowest BCUT2D eigenvalue weighted by molar-refractivity contribution is 0.126. The van der Waals surface area contributed by atoms with Crippen molar-refractivity contribution in [2.24, 2.45) is 5.92 Å². The number of nitrogens with zero attached hydrogens (tertiary/aromatic N) is 1. The molecule has 0 aromatic heterocycles. The standard InChI is InChI=1S/C17H27FN2O/c1-4-5-13(2)17(20-10-8-19-9-11-20)14-6-7-15(18)16(12-14)21-3/h6-7,12-13,17,19H,4-5,8-11H2,1-3H3/t13?,17-/m1/s1. The van der Waals surface area contributed by atoms with Crippen molar-refractivity contribution < 1.29 is 9.13 Å². The molecule has 1 aliphatic rings. The van der Waals surface area contributed by atoms with Crippen LogP contribution in [-0.4, -0.2) is 38.2 Å². The minimum atomic E-state index is -0.288. The zero-order chi connectivity index (χ0) is 15.2. The van der Waals surface area contributed by atoms with E-state index in [0.717, 1.165) is 31.7 Å². The molecule has 1 aliphatic heterocycles. The van der Waals surface area contributed by atoms with E-state index in [4.69, 9.17) is 4.74 Å². The number of hydrogen-bond acceptors (Lipinski definition) is 3. The Morgan fingerprint density at radius 2 is 2.05 bits per heavy atom. The summed E-state index contributed by atoms with van der Waals surface area (Å²) < 4.78 is 18.8. The average molecular weight is 294 g/mol. The minimum absolute atomic E-state index is 0.288. The van der Waals surface area contributed by atoms with Gasteiger partial charge in [0, 0.05) is 32.2 Å². The van der Waals surface area contributed by atoms with E-state index < -0.39 is 0 Å². The third kappa shape index (κ3) is 3.95. The van der Waals surface area contributed by atoms with Crippen LogP contribution in [0, 0.1) is 11.7 Å². The van der Waals surface area contributed by atoms with Gasteiger partial charge in [-0.3, -0.25) is 4.90 Å². The van der Waals surface area contributed by atoms with E-state index in [1.54, 1.807) is 0 Å². The monoisotopic (exact) mass is 294 g/mol. The normalized spacial score (nSPS) is 19.2. The molecule has 0 bridgehead atoms. The molecule has 0 saturated carbocycles. The van der Waals surface area contributed by atoms with Crippen molar-refractivity contribution in [1.29, 1.82) is 0 Å². The van der Waals surface area contributed by atoms with Gasteiger partial charge in [0.05, 0.1) is 7.11 Å². The predicted octanol–water partition coefficient (Wildman–Crippen LogP) is 3.22. The highest BCUT2D eigenvalue weighted by Gasteiger charge is 2.27. The lowest BCUT2D eigenvalue weighted by Crippen LogP contribution is -2.46. The Balaban J connectivity index is 2.29. The van der Waals surface area contributed by atoms with Crippen molar-refractivity contribution in [2.75, 3.05) is 33.3 Å². The molecule has 1 fully saturated rings. The highest BCUT2D eigenvalue weighted by molar-refractivity contribution is 5.32. The summed E-state index contributed by atoms with van der Waals surface area (Å²) >= 11 is 0. The van der Waals surface area contributed by atoms with Crippen molar-refractivity contribution in [3.05, 3.63) is 29.6 Å². The van der Waals surface area contributed by atoms with Gasteiger partial charge in [-0.05, 0) is 30.0 Å². The van der Waals surface area contributed by atoms with E-state index in [1.165, 1.54) is 26.0 Å².